The van der Waals surface area contributed by atoms with Gasteiger partial charge < -0.3 is 24.2 Å². The zero-order valence-electron chi connectivity index (χ0n) is 28.6. The lowest BCUT2D eigenvalue weighted by molar-refractivity contribution is -0.605. The SMILES string of the molecule is COc1ccc([C@H](Cc2c(Cl)c[n+]([O-])cc2Cl)OC(=O)c2ccc(CCCN(C(=O)O[C@H]3CN4CCC3CC4)c3ccccc3)cc2)cc1OC. The minimum absolute atomic E-state index is 0.0729. The summed E-state index contributed by atoms with van der Waals surface area (Å²) < 4.78 is 23.5. The third-order valence-electron chi connectivity index (χ3n) is 9.65. The normalized spacial score (nSPS) is 18.5. The molecule has 3 saturated heterocycles. The van der Waals surface area contributed by atoms with E-state index >= 15 is 0 Å². The first-order valence-corrected chi connectivity index (χ1v) is 17.8. The standard InChI is InChI=1S/C39H41Cl2N3O7/c1-48-34-15-14-29(21-36(34)49-2)35(22-31-32(40)23-43(47)24-33(31)41)50-38(45)28-12-10-26(11-13-28)7-6-18-44(30-8-4-3-5-9-30)39(46)51-37-25-42-19-16-27(37)17-20-42/h3-5,8-15,21,23-24,27,35,37H,6-7,16-20,22,25H2,1-2H3/t35-,37-/m0/s1. The average molecular weight is 735 g/mol. The van der Waals surface area contributed by atoms with E-state index in [9.17, 15) is 14.8 Å². The summed E-state index contributed by atoms with van der Waals surface area (Å²) in [7, 11) is 3.05. The lowest BCUT2D eigenvalue weighted by Crippen LogP contribution is -2.53. The number of esters is 1. The van der Waals surface area contributed by atoms with Gasteiger partial charge in [-0.2, -0.15) is 4.73 Å². The number of methoxy groups -OCH3 is 2. The number of aryl methyl sites for hydroxylation is 1. The van der Waals surface area contributed by atoms with E-state index in [1.807, 2.05) is 42.5 Å². The number of pyridine rings is 1. The van der Waals surface area contributed by atoms with Crippen LogP contribution in [0.5, 0.6) is 11.5 Å². The lowest BCUT2D eigenvalue weighted by atomic mass is 9.86. The Morgan fingerprint density at radius 3 is 2.25 bits per heavy atom. The number of piperidine rings is 3. The Labute approximate surface area is 308 Å². The topological polar surface area (TPSA) is 104 Å². The summed E-state index contributed by atoms with van der Waals surface area (Å²) in [5.41, 5.74) is 3.26. The smallest absolute Gasteiger partial charge is 0.414 e. The van der Waals surface area contributed by atoms with Crippen molar-refractivity contribution >= 4 is 41.0 Å². The molecule has 7 rings (SSSR count). The molecule has 3 aliphatic rings. The van der Waals surface area contributed by atoms with Gasteiger partial charge in [0.15, 0.2) is 23.9 Å². The van der Waals surface area contributed by atoms with Gasteiger partial charge in [0.1, 0.15) is 22.3 Å². The highest BCUT2D eigenvalue weighted by Crippen LogP contribution is 2.36. The van der Waals surface area contributed by atoms with Gasteiger partial charge in [0.25, 0.3) is 0 Å². The van der Waals surface area contributed by atoms with Gasteiger partial charge in [0, 0.05) is 30.8 Å². The van der Waals surface area contributed by atoms with Crippen LogP contribution in [0.4, 0.5) is 10.5 Å². The predicted octanol–water partition coefficient (Wildman–Crippen LogP) is 7.45. The first-order chi connectivity index (χ1) is 24.7. The second-order valence-electron chi connectivity index (χ2n) is 12.9. The number of aromatic nitrogens is 1. The van der Waals surface area contributed by atoms with Crippen molar-refractivity contribution in [2.24, 2.45) is 5.92 Å². The van der Waals surface area contributed by atoms with Gasteiger partial charge in [-0.25, -0.2) is 9.59 Å². The van der Waals surface area contributed by atoms with Crippen LogP contribution in [0.1, 0.15) is 52.4 Å². The third-order valence-corrected chi connectivity index (χ3v) is 10.3. The summed E-state index contributed by atoms with van der Waals surface area (Å²) in [6.45, 7) is 3.45. The van der Waals surface area contributed by atoms with Crippen LogP contribution in [0.3, 0.4) is 0 Å². The summed E-state index contributed by atoms with van der Waals surface area (Å²) in [4.78, 5) is 31.1. The number of rotatable bonds is 13. The zero-order valence-corrected chi connectivity index (χ0v) is 30.1. The average Bonchev–Trinajstić information content (AvgIpc) is 3.15. The molecule has 0 unspecified atom stereocenters. The fourth-order valence-electron chi connectivity index (χ4n) is 6.81. The number of para-hydroxylation sites is 1. The second kappa shape index (κ2) is 16.7. The Kier molecular flexibility index (Phi) is 11.9. The van der Waals surface area contributed by atoms with Crippen molar-refractivity contribution in [3.8, 4) is 11.5 Å². The first kappa shape index (κ1) is 36.3. The minimum atomic E-state index is -0.820. The van der Waals surface area contributed by atoms with E-state index in [4.69, 9.17) is 42.1 Å². The van der Waals surface area contributed by atoms with Crippen molar-refractivity contribution < 1.29 is 33.3 Å². The number of anilines is 1. The van der Waals surface area contributed by atoms with E-state index in [-0.39, 0.29) is 28.7 Å². The van der Waals surface area contributed by atoms with Gasteiger partial charge >= 0.3 is 12.1 Å². The van der Waals surface area contributed by atoms with Crippen molar-refractivity contribution in [2.45, 2.75) is 44.3 Å². The largest absolute Gasteiger partial charge is 0.619 e. The summed E-state index contributed by atoms with van der Waals surface area (Å²) in [6.07, 6.45) is 4.83. The maximum atomic E-state index is 13.5. The molecule has 2 bridgehead atoms. The Bertz CT molecular complexity index is 1790. The van der Waals surface area contributed by atoms with Crippen LogP contribution >= 0.6 is 23.2 Å². The van der Waals surface area contributed by atoms with E-state index in [2.05, 4.69) is 4.90 Å². The van der Waals surface area contributed by atoms with E-state index in [1.165, 1.54) is 26.6 Å². The number of amides is 1. The second-order valence-corrected chi connectivity index (χ2v) is 13.7. The molecular formula is C39H41Cl2N3O7. The van der Waals surface area contributed by atoms with Crippen LogP contribution in [-0.4, -0.2) is 63.5 Å². The number of carbonyl (C=O) groups is 2. The molecule has 51 heavy (non-hydrogen) atoms. The van der Waals surface area contributed by atoms with Crippen molar-refractivity contribution in [3.05, 3.63) is 123 Å². The molecule has 3 fully saturated rings. The molecular weight excluding hydrogens is 693 g/mol. The molecule has 0 N–H and O–H groups in total. The number of fused-ring (bicyclic) bond motifs is 3. The molecule has 12 heteroatoms. The van der Waals surface area contributed by atoms with Crippen molar-refractivity contribution in [1.29, 1.82) is 0 Å². The number of hydrogen-bond donors (Lipinski definition) is 0. The molecule has 4 aromatic rings. The van der Waals surface area contributed by atoms with Crippen LogP contribution in [0.25, 0.3) is 0 Å². The molecule has 0 radical (unpaired) electrons. The Balaban J connectivity index is 1.12. The molecule has 1 amide bonds. The van der Waals surface area contributed by atoms with Gasteiger partial charge in [-0.3, -0.25) is 9.80 Å². The first-order valence-electron chi connectivity index (χ1n) is 17.1. The predicted molar refractivity (Wildman–Crippen MR) is 195 cm³/mol. The Morgan fingerprint density at radius 1 is 0.941 bits per heavy atom. The molecule has 0 spiro atoms. The number of carbonyl (C=O) groups excluding carboxylic acids is 2. The number of halogens is 2. The fourth-order valence-corrected chi connectivity index (χ4v) is 7.41. The molecule has 268 valence electrons. The molecule has 2 atom stereocenters. The van der Waals surface area contributed by atoms with Crippen molar-refractivity contribution in [1.82, 2.24) is 4.90 Å². The van der Waals surface area contributed by atoms with E-state index in [0.29, 0.717) is 58.2 Å². The summed E-state index contributed by atoms with van der Waals surface area (Å²) in [5.74, 6) is 0.856. The van der Waals surface area contributed by atoms with Crippen LogP contribution in [-0.2, 0) is 22.3 Å². The monoisotopic (exact) mass is 733 g/mol. The highest BCUT2D eigenvalue weighted by Gasteiger charge is 2.37. The maximum Gasteiger partial charge on any atom is 0.414 e. The van der Waals surface area contributed by atoms with Gasteiger partial charge in [-0.15, -0.1) is 0 Å². The molecule has 0 aliphatic carbocycles. The van der Waals surface area contributed by atoms with Gasteiger partial charge in [-0.05, 0) is 92.2 Å². The zero-order chi connectivity index (χ0) is 35.9. The maximum absolute atomic E-state index is 13.5. The van der Waals surface area contributed by atoms with Gasteiger partial charge in [0.05, 0.1) is 19.8 Å². The van der Waals surface area contributed by atoms with Crippen molar-refractivity contribution in [2.75, 3.05) is 45.3 Å². The Hall–Kier alpha value is -4.51. The van der Waals surface area contributed by atoms with Crippen LogP contribution in [0, 0.1) is 11.1 Å². The fraction of sp³-hybridized carbons (Fsp3) is 0.359. The highest BCUT2D eigenvalue weighted by atomic mass is 35.5. The third kappa shape index (κ3) is 8.87. The van der Waals surface area contributed by atoms with Crippen molar-refractivity contribution in [3.63, 3.8) is 0 Å². The molecule has 3 aromatic carbocycles. The lowest BCUT2D eigenvalue weighted by Gasteiger charge is -2.44. The van der Waals surface area contributed by atoms with Gasteiger partial charge in [0.2, 0.25) is 0 Å². The Morgan fingerprint density at radius 2 is 1.63 bits per heavy atom. The van der Waals surface area contributed by atoms with Crippen LogP contribution in [0.15, 0.2) is 85.2 Å². The van der Waals surface area contributed by atoms with E-state index < -0.39 is 12.1 Å². The summed E-state index contributed by atoms with van der Waals surface area (Å²) in [5, 5.41) is 12.2. The summed E-state index contributed by atoms with van der Waals surface area (Å²) >= 11 is 12.8. The molecule has 10 nitrogen and oxygen atoms in total. The summed E-state index contributed by atoms with van der Waals surface area (Å²) in [6, 6.07) is 22.1. The van der Waals surface area contributed by atoms with Crippen LogP contribution < -0.4 is 19.1 Å². The molecule has 4 heterocycles. The number of ether oxygens (including phenoxy) is 4. The molecule has 1 aromatic heterocycles. The van der Waals surface area contributed by atoms with E-state index in [1.54, 1.807) is 35.2 Å². The highest BCUT2D eigenvalue weighted by molar-refractivity contribution is 6.35. The quantitative estimate of drug-likeness (QED) is 0.0793. The van der Waals surface area contributed by atoms with Gasteiger partial charge in [-0.1, -0.05) is 59.6 Å². The minimum Gasteiger partial charge on any atom is -0.619 e. The number of nitrogens with zero attached hydrogens (tertiary/aromatic N) is 3. The number of hydrogen-bond acceptors (Lipinski definition) is 8. The molecule has 3 aliphatic heterocycles. The number of benzene rings is 3. The van der Waals surface area contributed by atoms with Crippen LogP contribution in [0.2, 0.25) is 10.0 Å². The van der Waals surface area contributed by atoms with E-state index in [0.717, 1.165) is 43.7 Å². The molecule has 0 saturated carbocycles.